The van der Waals surface area contributed by atoms with Crippen LogP contribution in [-0.2, 0) is 4.74 Å². The van der Waals surface area contributed by atoms with E-state index >= 15 is 0 Å². The van der Waals surface area contributed by atoms with Gasteiger partial charge in [-0.1, -0.05) is 15.9 Å². The zero-order valence-corrected chi connectivity index (χ0v) is 21.5. The van der Waals surface area contributed by atoms with Gasteiger partial charge in [-0.3, -0.25) is 4.98 Å². The molecular formula is C25H27BrN6O2. The van der Waals surface area contributed by atoms with E-state index in [0.717, 1.165) is 26.8 Å². The Balaban J connectivity index is 1.73. The number of pyridine rings is 1. The molecule has 34 heavy (non-hydrogen) atoms. The zero-order valence-electron chi connectivity index (χ0n) is 19.9. The lowest BCUT2D eigenvalue weighted by molar-refractivity contribution is 0.0130. The molecule has 0 N–H and O–H groups in total. The predicted molar refractivity (Wildman–Crippen MR) is 134 cm³/mol. The van der Waals surface area contributed by atoms with Crippen molar-refractivity contribution >= 4 is 38.7 Å². The van der Waals surface area contributed by atoms with Crippen molar-refractivity contribution in [2.24, 2.45) is 0 Å². The van der Waals surface area contributed by atoms with Gasteiger partial charge in [-0.2, -0.15) is 5.26 Å². The van der Waals surface area contributed by atoms with Crippen molar-refractivity contribution in [3.8, 4) is 17.3 Å². The molecule has 2 atom stereocenters. The first kappa shape index (κ1) is 23.9. The van der Waals surface area contributed by atoms with Crippen molar-refractivity contribution < 1.29 is 9.53 Å². The number of hydrogen-bond donors (Lipinski definition) is 0. The number of hydrogen-bond acceptors (Lipinski definition) is 7. The molecule has 1 fully saturated rings. The summed E-state index contributed by atoms with van der Waals surface area (Å²) in [5.74, 6) is 0.798. The number of anilines is 1. The summed E-state index contributed by atoms with van der Waals surface area (Å²) in [7, 11) is 0. The van der Waals surface area contributed by atoms with Crippen molar-refractivity contribution in [2.75, 3.05) is 18.0 Å². The number of nitriles is 1. The van der Waals surface area contributed by atoms with Crippen LogP contribution in [0, 0.1) is 11.3 Å². The van der Waals surface area contributed by atoms with E-state index in [-0.39, 0.29) is 18.2 Å². The van der Waals surface area contributed by atoms with Crippen LogP contribution in [0.5, 0.6) is 0 Å². The van der Waals surface area contributed by atoms with Crippen molar-refractivity contribution in [1.29, 1.82) is 5.26 Å². The monoisotopic (exact) mass is 522 g/mol. The van der Waals surface area contributed by atoms with Crippen LogP contribution in [0.1, 0.15) is 40.2 Å². The molecule has 1 aromatic carbocycles. The van der Waals surface area contributed by atoms with E-state index < -0.39 is 5.60 Å². The summed E-state index contributed by atoms with van der Waals surface area (Å²) in [5.41, 5.74) is 2.24. The number of amides is 1. The number of fused-ring (bicyclic) bond motifs is 1. The molecule has 0 radical (unpaired) electrons. The molecule has 9 heteroatoms. The Labute approximate surface area is 207 Å². The van der Waals surface area contributed by atoms with Gasteiger partial charge in [0.1, 0.15) is 17.7 Å². The minimum absolute atomic E-state index is 0.0179. The number of halogens is 1. The Hall–Kier alpha value is -3.25. The number of carbonyl (C=O) groups excluding carboxylic acids is 1. The van der Waals surface area contributed by atoms with Crippen LogP contribution in [-0.4, -0.2) is 56.7 Å². The topological polar surface area (TPSA) is 95.2 Å². The Morgan fingerprint density at radius 1 is 1.15 bits per heavy atom. The van der Waals surface area contributed by atoms with Crippen LogP contribution in [0.25, 0.3) is 22.2 Å². The van der Waals surface area contributed by atoms with Gasteiger partial charge in [-0.05, 0) is 58.9 Å². The van der Waals surface area contributed by atoms with Crippen LogP contribution in [0.3, 0.4) is 0 Å². The molecule has 1 saturated heterocycles. The van der Waals surface area contributed by atoms with Crippen LogP contribution < -0.4 is 4.90 Å². The maximum Gasteiger partial charge on any atom is 0.410 e. The molecule has 2 aromatic heterocycles. The first-order chi connectivity index (χ1) is 16.1. The molecule has 4 rings (SSSR count). The zero-order chi connectivity index (χ0) is 24.6. The third-order valence-electron chi connectivity index (χ3n) is 5.73. The maximum absolute atomic E-state index is 12.7. The van der Waals surface area contributed by atoms with E-state index in [1.54, 1.807) is 29.6 Å². The molecular weight excluding hydrogens is 496 g/mol. The van der Waals surface area contributed by atoms with Gasteiger partial charge in [0.25, 0.3) is 0 Å². The first-order valence-corrected chi connectivity index (χ1v) is 11.9. The molecule has 0 aliphatic carbocycles. The highest BCUT2D eigenvalue weighted by Gasteiger charge is 2.35. The van der Waals surface area contributed by atoms with Gasteiger partial charge < -0.3 is 14.5 Å². The number of ether oxygens (including phenoxy) is 1. The smallest absolute Gasteiger partial charge is 0.410 e. The summed E-state index contributed by atoms with van der Waals surface area (Å²) in [4.78, 5) is 30.4. The van der Waals surface area contributed by atoms with Crippen LogP contribution >= 0.6 is 15.9 Å². The third-order valence-corrected chi connectivity index (χ3v) is 6.19. The predicted octanol–water partition coefficient (Wildman–Crippen LogP) is 5.16. The van der Waals surface area contributed by atoms with E-state index in [1.807, 2.05) is 39.8 Å². The van der Waals surface area contributed by atoms with Gasteiger partial charge >= 0.3 is 6.09 Å². The second-order valence-corrected chi connectivity index (χ2v) is 10.5. The number of benzene rings is 1. The minimum Gasteiger partial charge on any atom is -0.444 e. The van der Waals surface area contributed by atoms with Gasteiger partial charge in [-0.15, -0.1) is 0 Å². The van der Waals surface area contributed by atoms with Gasteiger partial charge in [0, 0.05) is 46.8 Å². The maximum atomic E-state index is 12.7. The highest BCUT2D eigenvalue weighted by molar-refractivity contribution is 9.10. The first-order valence-electron chi connectivity index (χ1n) is 11.1. The SMILES string of the molecule is C[C@@H]1CN(c2ncnc3c(-c4cc(C#N)ccn4)cc(Br)cc23)[C@@H](C)CN1C(=O)OC(C)(C)C. The fraction of sp³-hybridized carbons (Fsp3) is 0.400. The molecule has 176 valence electrons. The molecule has 0 spiro atoms. The molecule has 0 unspecified atom stereocenters. The molecule has 1 amide bonds. The largest absolute Gasteiger partial charge is 0.444 e. The highest BCUT2D eigenvalue weighted by atomic mass is 79.9. The Morgan fingerprint density at radius 3 is 2.62 bits per heavy atom. The molecule has 0 saturated carbocycles. The van der Waals surface area contributed by atoms with Crippen molar-refractivity contribution in [3.05, 3.63) is 46.8 Å². The normalized spacial score (nSPS) is 18.6. The van der Waals surface area contributed by atoms with Crippen molar-refractivity contribution in [1.82, 2.24) is 19.9 Å². The summed E-state index contributed by atoms with van der Waals surface area (Å²) < 4.78 is 6.48. The second-order valence-electron chi connectivity index (χ2n) is 9.57. The molecule has 0 bridgehead atoms. The van der Waals surface area contributed by atoms with E-state index in [9.17, 15) is 10.1 Å². The number of nitrogens with zero attached hydrogens (tertiary/aromatic N) is 6. The van der Waals surface area contributed by atoms with E-state index in [0.29, 0.717) is 24.3 Å². The van der Waals surface area contributed by atoms with E-state index in [2.05, 4.69) is 48.8 Å². The van der Waals surface area contributed by atoms with E-state index in [1.165, 1.54) is 0 Å². The molecule has 3 heterocycles. The number of rotatable bonds is 2. The van der Waals surface area contributed by atoms with Gasteiger partial charge in [-0.25, -0.2) is 14.8 Å². The second kappa shape index (κ2) is 9.18. The number of aromatic nitrogens is 3. The third kappa shape index (κ3) is 4.82. The molecule has 8 nitrogen and oxygen atoms in total. The number of piperazine rings is 1. The molecule has 3 aromatic rings. The minimum atomic E-state index is -0.542. The summed E-state index contributed by atoms with van der Waals surface area (Å²) in [6.07, 6.45) is 2.89. The Bertz CT molecular complexity index is 1280. The van der Waals surface area contributed by atoms with Crippen LogP contribution in [0.2, 0.25) is 0 Å². The van der Waals surface area contributed by atoms with Crippen molar-refractivity contribution in [2.45, 2.75) is 52.3 Å². The summed E-state index contributed by atoms with van der Waals surface area (Å²) in [6.45, 7) is 10.8. The molecule has 1 aliphatic heterocycles. The van der Waals surface area contributed by atoms with Gasteiger partial charge in [0.15, 0.2) is 0 Å². The quantitative estimate of drug-likeness (QED) is 0.458. The lowest BCUT2D eigenvalue weighted by atomic mass is 10.0. The van der Waals surface area contributed by atoms with Gasteiger partial charge in [0.05, 0.1) is 22.8 Å². The number of carbonyl (C=O) groups is 1. The summed E-state index contributed by atoms with van der Waals surface area (Å²) in [5, 5.41) is 10.2. The van der Waals surface area contributed by atoms with Crippen molar-refractivity contribution in [3.63, 3.8) is 0 Å². The highest BCUT2D eigenvalue weighted by Crippen LogP contribution is 2.35. The lowest BCUT2D eigenvalue weighted by Gasteiger charge is -2.44. The fourth-order valence-electron chi connectivity index (χ4n) is 4.19. The standard InChI is InChI=1S/C25H27BrN6O2/c1-15-13-32(24(33)34-25(3,4)5)16(2)12-31(15)23-20-10-18(26)9-19(22(20)29-14-30-23)21-8-17(11-27)6-7-28-21/h6-10,14-16H,12-13H2,1-5H3/t15-,16+/m0/s1. The average molecular weight is 523 g/mol. The lowest BCUT2D eigenvalue weighted by Crippen LogP contribution is -2.59. The Morgan fingerprint density at radius 2 is 1.91 bits per heavy atom. The Kier molecular flexibility index (Phi) is 6.45. The van der Waals surface area contributed by atoms with Crippen LogP contribution in [0.4, 0.5) is 10.6 Å². The van der Waals surface area contributed by atoms with Gasteiger partial charge in [0.2, 0.25) is 0 Å². The molecule has 1 aliphatic rings. The van der Waals surface area contributed by atoms with Crippen LogP contribution in [0.15, 0.2) is 41.3 Å². The fourth-order valence-corrected chi connectivity index (χ4v) is 4.65. The summed E-state index contributed by atoms with van der Waals surface area (Å²) >= 11 is 3.62. The average Bonchev–Trinajstić information content (AvgIpc) is 2.78. The van der Waals surface area contributed by atoms with E-state index in [4.69, 9.17) is 4.74 Å². The summed E-state index contributed by atoms with van der Waals surface area (Å²) in [6, 6.07) is 9.51.